The lowest BCUT2D eigenvalue weighted by molar-refractivity contribution is -0.385. The number of imidazole rings is 1. The summed E-state index contributed by atoms with van der Waals surface area (Å²) in [5, 5.41) is 22.6. The van der Waals surface area contributed by atoms with E-state index in [-0.39, 0.29) is 11.3 Å². The molecule has 2 aromatic rings. The summed E-state index contributed by atoms with van der Waals surface area (Å²) in [4.78, 5) is 14.2. The molecule has 0 saturated heterocycles. The monoisotopic (exact) mass is 257 g/mol. The Kier molecular flexibility index (Phi) is 3.73. The average Bonchev–Trinajstić information content (AvgIpc) is 2.91. The Hall–Kier alpha value is -2.88. The Bertz CT molecular complexity index is 616. The first kappa shape index (κ1) is 12.6. The third-order valence-corrected chi connectivity index (χ3v) is 2.57. The van der Waals surface area contributed by atoms with Crippen molar-refractivity contribution in [1.82, 2.24) is 9.55 Å². The highest BCUT2D eigenvalue weighted by molar-refractivity contribution is 5.59. The van der Waals surface area contributed by atoms with Crippen molar-refractivity contribution in [2.24, 2.45) is 0 Å². The largest absolute Gasteiger partial charge is 0.383 e. The third kappa shape index (κ3) is 3.07. The van der Waals surface area contributed by atoms with Gasteiger partial charge in [-0.05, 0) is 12.1 Å². The lowest BCUT2D eigenvalue weighted by atomic mass is 10.2. The Morgan fingerprint density at radius 1 is 1.53 bits per heavy atom. The zero-order valence-corrected chi connectivity index (χ0v) is 9.98. The van der Waals surface area contributed by atoms with E-state index in [0.29, 0.717) is 18.8 Å². The molecule has 0 aliphatic carbocycles. The Labute approximate surface area is 109 Å². The smallest absolute Gasteiger partial charge is 0.289 e. The molecule has 0 bridgehead atoms. The van der Waals surface area contributed by atoms with Crippen LogP contribution in [0.1, 0.15) is 5.56 Å². The molecule has 2 rings (SSSR count). The fourth-order valence-electron chi connectivity index (χ4n) is 1.64. The molecule has 1 aromatic carbocycles. The van der Waals surface area contributed by atoms with Gasteiger partial charge in [-0.2, -0.15) is 5.26 Å². The summed E-state index contributed by atoms with van der Waals surface area (Å²) in [6.45, 7) is 1.31. The molecule has 7 heteroatoms. The first-order valence-corrected chi connectivity index (χ1v) is 5.59. The number of benzene rings is 1. The molecule has 1 aromatic heterocycles. The van der Waals surface area contributed by atoms with Crippen LogP contribution in [0, 0.1) is 21.4 Å². The fourth-order valence-corrected chi connectivity index (χ4v) is 1.64. The quantitative estimate of drug-likeness (QED) is 0.650. The van der Waals surface area contributed by atoms with Gasteiger partial charge in [-0.15, -0.1) is 0 Å². The first-order chi connectivity index (χ1) is 9.20. The van der Waals surface area contributed by atoms with E-state index in [1.165, 1.54) is 12.1 Å². The summed E-state index contributed by atoms with van der Waals surface area (Å²) in [6.07, 6.45) is 5.22. The third-order valence-electron chi connectivity index (χ3n) is 2.57. The summed E-state index contributed by atoms with van der Waals surface area (Å²) in [5.41, 5.74) is 0.492. The van der Waals surface area contributed by atoms with Crippen LogP contribution in [-0.4, -0.2) is 21.0 Å². The van der Waals surface area contributed by atoms with Gasteiger partial charge in [0.15, 0.2) is 0 Å². The maximum atomic E-state index is 10.8. The van der Waals surface area contributed by atoms with Crippen molar-refractivity contribution >= 4 is 11.4 Å². The number of rotatable bonds is 5. The predicted octanol–water partition coefficient (Wildman–Crippen LogP) is 1.78. The van der Waals surface area contributed by atoms with E-state index in [1.54, 1.807) is 24.7 Å². The summed E-state index contributed by atoms with van der Waals surface area (Å²) < 4.78 is 1.89. The highest BCUT2D eigenvalue weighted by Crippen LogP contribution is 2.22. The summed E-state index contributed by atoms with van der Waals surface area (Å²) in [6, 6.07) is 6.26. The molecule has 0 atom stereocenters. The van der Waals surface area contributed by atoms with Crippen LogP contribution in [0.4, 0.5) is 11.4 Å². The van der Waals surface area contributed by atoms with Crippen LogP contribution in [-0.2, 0) is 6.54 Å². The minimum Gasteiger partial charge on any atom is -0.383 e. The average molecular weight is 257 g/mol. The zero-order chi connectivity index (χ0) is 13.7. The minimum absolute atomic E-state index is 0.0603. The van der Waals surface area contributed by atoms with E-state index in [2.05, 4.69) is 10.3 Å². The van der Waals surface area contributed by atoms with Crippen LogP contribution in [0.5, 0.6) is 0 Å². The van der Waals surface area contributed by atoms with Crippen LogP contribution < -0.4 is 5.32 Å². The van der Waals surface area contributed by atoms with Crippen molar-refractivity contribution in [3.8, 4) is 6.07 Å². The number of anilines is 1. The van der Waals surface area contributed by atoms with Gasteiger partial charge in [0.05, 0.1) is 11.3 Å². The zero-order valence-electron chi connectivity index (χ0n) is 9.98. The van der Waals surface area contributed by atoms with Crippen molar-refractivity contribution in [2.45, 2.75) is 6.54 Å². The van der Waals surface area contributed by atoms with E-state index >= 15 is 0 Å². The van der Waals surface area contributed by atoms with Crippen LogP contribution in [0.3, 0.4) is 0 Å². The number of nitro benzene ring substituents is 1. The molecule has 0 aliphatic rings. The van der Waals surface area contributed by atoms with Gasteiger partial charge in [-0.25, -0.2) is 4.98 Å². The lowest BCUT2D eigenvalue weighted by Crippen LogP contribution is -2.09. The highest BCUT2D eigenvalue weighted by atomic mass is 16.6. The van der Waals surface area contributed by atoms with Crippen molar-refractivity contribution in [1.29, 1.82) is 5.26 Å². The summed E-state index contributed by atoms with van der Waals surface area (Å²) in [5.74, 6) is 0. The highest BCUT2D eigenvalue weighted by Gasteiger charge is 2.13. The molecule has 0 fully saturated rings. The molecular formula is C12H11N5O2. The van der Waals surface area contributed by atoms with E-state index in [4.69, 9.17) is 5.26 Å². The molecule has 0 amide bonds. The molecule has 0 aliphatic heterocycles. The molecule has 0 saturated carbocycles. The van der Waals surface area contributed by atoms with Gasteiger partial charge < -0.3 is 9.88 Å². The van der Waals surface area contributed by atoms with Crippen molar-refractivity contribution < 1.29 is 4.92 Å². The maximum absolute atomic E-state index is 10.8. The molecule has 0 spiro atoms. The second-order valence-electron chi connectivity index (χ2n) is 3.83. The summed E-state index contributed by atoms with van der Waals surface area (Å²) >= 11 is 0. The fraction of sp³-hybridized carbons (Fsp3) is 0.167. The number of nitriles is 1. The van der Waals surface area contributed by atoms with Gasteiger partial charge in [-0.3, -0.25) is 10.1 Å². The van der Waals surface area contributed by atoms with E-state index in [9.17, 15) is 10.1 Å². The Morgan fingerprint density at radius 3 is 3.00 bits per heavy atom. The molecule has 96 valence electrons. The summed E-state index contributed by atoms with van der Waals surface area (Å²) in [7, 11) is 0. The minimum atomic E-state index is -0.556. The number of nitrogens with one attached hydrogen (secondary N) is 1. The molecule has 0 radical (unpaired) electrons. The van der Waals surface area contributed by atoms with E-state index < -0.39 is 4.92 Å². The van der Waals surface area contributed by atoms with Gasteiger partial charge in [0, 0.05) is 37.2 Å². The molecular weight excluding hydrogens is 246 g/mol. The Morgan fingerprint density at radius 2 is 2.37 bits per heavy atom. The second-order valence-corrected chi connectivity index (χ2v) is 3.83. The van der Waals surface area contributed by atoms with Gasteiger partial charge in [0.2, 0.25) is 0 Å². The van der Waals surface area contributed by atoms with Crippen LogP contribution in [0.15, 0.2) is 36.9 Å². The van der Waals surface area contributed by atoms with Gasteiger partial charge >= 0.3 is 0 Å². The van der Waals surface area contributed by atoms with Gasteiger partial charge in [0.1, 0.15) is 11.6 Å². The molecule has 0 unspecified atom stereocenters. The molecule has 1 N–H and O–H groups in total. The number of nitro groups is 1. The normalized spacial score (nSPS) is 9.84. The maximum Gasteiger partial charge on any atom is 0.289 e. The topological polar surface area (TPSA) is 96.8 Å². The molecule has 1 heterocycles. The predicted molar refractivity (Wildman–Crippen MR) is 68.5 cm³/mol. The number of nitrogens with zero attached hydrogens (tertiary/aromatic N) is 4. The molecule has 7 nitrogen and oxygen atoms in total. The van der Waals surface area contributed by atoms with Crippen LogP contribution in [0.2, 0.25) is 0 Å². The Balaban J connectivity index is 2.03. The lowest BCUT2D eigenvalue weighted by Gasteiger charge is -2.07. The number of aromatic nitrogens is 2. The first-order valence-electron chi connectivity index (χ1n) is 5.59. The van der Waals surface area contributed by atoms with E-state index in [1.807, 2.05) is 10.8 Å². The van der Waals surface area contributed by atoms with Crippen LogP contribution in [0.25, 0.3) is 0 Å². The van der Waals surface area contributed by atoms with Crippen molar-refractivity contribution in [2.75, 3.05) is 11.9 Å². The van der Waals surface area contributed by atoms with Gasteiger partial charge in [0.25, 0.3) is 5.69 Å². The van der Waals surface area contributed by atoms with Crippen LogP contribution >= 0.6 is 0 Å². The van der Waals surface area contributed by atoms with Gasteiger partial charge in [-0.1, -0.05) is 0 Å². The number of hydrogen-bond acceptors (Lipinski definition) is 5. The van der Waals surface area contributed by atoms with Crippen molar-refractivity contribution in [3.05, 3.63) is 52.6 Å². The SMILES string of the molecule is N#Cc1ccc(NCCn2ccnc2)cc1[N+](=O)[O-]. The molecule has 19 heavy (non-hydrogen) atoms. The second kappa shape index (κ2) is 5.64. The standard InChI is InChI=1S/C12H11N5O2/c13-8-10-1-2-11(7-12(10)17(18)19)15-4-6-16-5-3-14-9-16/h1-3,5,7,9,15H,4,6H2. The number of hydrogen-bond donors (Lipinski definition) is 1. The van der Waals surface area contributed by atoms with Crippen molar-refractivity contribution in [3.63, 3.8) is 0 Å². The van der Waals surface area contributed by atoms with E-state index in [0.717, 1.165) is 0 Å².